The number of carbonyl (C=O) groups excluding carboxylic acids is 1. The number of alkyl halides is 27. The monoisotopic (exact) mass is 1560 g/mol. The van der Waals surface area contributed by atoms with Crippen LogP contribution in [0.2, 0.25) is 0 Å². The summed E-state index contributed by atoms with van der Waals surface area (Å²) in [5.41, 5.74) is -78.6. The quantitative estimate of drug-likeness (QED) is 0.0734. The first kappa shape index (κ1) is 77.2. The summed E-state index contributed by atoms with van der Waals surface area (Å²) in [5, 5.41) is -7.85. The molecule has 3 atom stereocenters. The van der Waals surface area contributed by atoms with E-state index in [2.05, 4.69) is 44.6 Å². The van der Waals surface area contributed by atoms with E-state index < -0.39 is 262 Å². The number of halogens is 33. The molecule has 5 heterocycles. The van der Waals surface area contributed by atoms with E-state index in [9.17, 15) is 97.0 Å². The van der Waals surface area contributed by atoms with Gasteiger partial charge in [-0.15, -0.1) is 0 Å². The number of ether oxygens (including phenoxy) is 2. The second-order valence-corrected chi connectivity index (χ2v) is 22.6. The minimum absolute atomic E-state index is 0. The Kier molecular flexibility index (Phi) is 17.8. The van der Waals surface area contributed by atoms with Crippen molar-refractivity contribution in [3.63, 3.8) is 0 Å². The fraction of sp³-hybridized carbons (Fsp3) is 0.316. The molecule has 0 spiro atoms. The fourth-order valence-corrected chi connectivity index (χ4v) is 10.8. The Morgan fingerprint density at radius 2 is 0.618 bits per heavy atom. The topological polar surface area (TPSA) is 141 Å². The summed E-state index contributed by atoms with van der Waals surface area (Å²) >= 11 is 0. The van der Waals surface area contributed by atoms with E-state index in [-0.39, 0.29) is 51.3 Å². The van der Waals surface area contributed by atoms with Crippen LogP contribution < -0.4 is 19.4 Å². The van der Waals surface area contributed by atoms with Gasteiger partial charge in [0.05, 0.1) is 56.7 Å². The summed E-state index contributed by atoms with van der Waals surface area (Å²) in [5.74, 6) is -31.9. The SMILES string of the molecule is CC(C)(F)c1c(F)c2c(c(F)c1[C@@](C)(F)C(F)(F)F)-c1nc-2nc2[n-]c(nc3nc(nc4[n-]c(n1)c1c(F)c([C@@](C)(F)C(F)(F)F)c(C(F)(C(F)(F)F)C(F)(F)F)c(F)c41)-c1c(F)c(C(F)(C(F)(F)F)C(F)(F)F)c([C@](C)(F)C(F)(F)F)c(F)c1-3)c1cc(Oc3ccc(OC=O)cc3)ccc21.[Zn+2]. The molecule has 0 aliphatic carbocycles. The molecule has 8 aromatic rings. The van der Waals surface area contributed by atoms with Crippen molar-refractivity contribution in [2.24, 2.45) is 0 Å². The minimum atomic E-state index is -8.10. The molecule has 0 saturated heterocycles. The number of carbonyl (C=O) groups is 1. The molecule has 0 saturated carbocycles. The maximum Gasteiger partial charge on any atom is 2.00 e. The van der Waals surface area contributed by atoms with Crippen molar-refractivity contribution in [2.75, 3.05) is 0 Å². The Morgan fingerprint density at radius 1 is 0.333 bits per heavy atom. The van der Waals surface area contributed by atoms with Gasteiger partial charge in [-0.3, -0.25) is 4.79 Å². The zero-order valence-corrected chi connectivity index (χ0v) is 52.6. The van der Waals surface area contributed by atoms with E-state index in [0.29, 0.717) is 12.1 Å². The van der Waals surface area contributed by atoms with Crippen molar-refractivity contribution in [3.05, 3.63) is 111 Å². The molecule has 102 heavy (non-hydrogen) atoms. The molecular formula is C57H23F33N8O3Zn. The number of aromatic nitrogens is 8. The third kappa shape index (κ3) is 11.3. The molecule has 2 aliphatic rings. The Bertz CT molecular complexity index is 4970. The summed E-state index contributed by atoms with van der Waals surface area (Å²) < 4.78 is 526. The number of hydrogen-bond donors (Lipinski definition) is 0. The van der Waals surface area contributed by atoms with Gasteiger partial charge in [0.25, 0.3) is 6.47 Å². The Morgan fingerprint density at radius 3 is 0.971 bits per heavy atom. The van der Waals surface area contributed by atoms with Crippen molar-refractivity contribution in [2.45, 2.75) is 112 Å². The van der Waals surface area contributed by atoms with Crippen LogP contribution in [0.15, 0.2) is 42.5 Å². The summed E-state index contributed by atoms with van der Waals surface area (Å²) in [4.78, 5) is 37.9. The third-order valence-electron chi connectivity index (χ3n) is 15.7. The molecule has 3 aromatic heterocycles. The smallest absolute Gasteiger partial charge is 0.457 e. The fourth-order valence-electron chi connectivity index (χ4n) is 10.8. The van der Waals surface area contributed by atoms with Gasteiger partial charge >= 0.3 is 74.0 Å². The van der Waals surface area contributed by atoms with Crippen LogP contribution in [0.25, 0.3) is 89.7 Å². The zero-order chi connectivity index (χ0) is 76.1. The molecule has 0 fully saturated rings. The second kappa shape index (κ2) is 23.5. The van der Waals surface area contributed by atoms with E-state index in [1.165, 1.54) is 0 Å². The molecule has 542 valence electrons. The molecule has 0 N–H and O–H groups in total. The van der Waals surface area contributed by atoms with E-state index >= 15 is 52.7 Å². The molecule has 45 heteroatoms. The first-order chi connectivity index (χ1) is 45.7. The van der Waals surface area contributed by atoms with Crippen LogP contribution in [0.4, 0.5) is 145 Å². The number of benzene rings is 5. The Labute approximate surface area is 553 Å². The third-order valence-corrected chi connectivity index (χ3v) is 15.7. The molecular weight excluding hydrogens is 1540 g/mol. The van der Waals surface area contributed by atoms with Crippen LogP contribution in [-0.2, 0) is 58.3 Å². The number of hydrogen-bond acceptors (Lipinski definition) is 9. The molecule has 10 rings (SSSR count). The first-order valence-corrected chi connectivity index (χ1v) is 26.7. The summed E-state index contributed by atoms with van der Waals surface area (Å²) in [7, 11) is 0. The molecule has 0 amide bonds. The van der Waals surface area contributed by atoms with Gasteiger partial charge in [0.15, 0.2) is 0 Å². The largest absolute Gasteiger partial charge is 2.00 e. The molecule has 2 aliphatic heterocycles. The maximum atomic E-state index is 17.7. The Hall–Kier alpha value is -8.96. The number of fused-ring (bicyclic) bond motifs is 20. The average molecular weight is 1560 g/mol. The number of rotatable bonds is 10. The Balaban J connectivity index is 0.0000121. The van der Waals surface area contributed by atoms with Gasteiger partial charge in [0.2, 0.25) is 17.0 Å². The van der Waals surface area contributed by atoms with Crippen molar-refractivity contribution in [3.8, 4) is 62.8 Å². The normalized spacial score (nSPS) is 15.5. The molecule has 11 nitrogen and oxygen atoms in total. The molecule has 8 bridgehead atoms. The van der Waals surface area contributed by atoms with Crippen LogP contribution in [0, 0.1) is 34.9 Å². The van der Waals surface area contributed by atoms with Crippen LogP contribution in [0.1, 0.15) is 68.0 Å². The summed E-state index contributed by atoms with van der Waals surface area (Å²) in [6, 6.07) is 6.29. The zero-order valence-electron chi connectivity index (χ0n) is 49.6. The van der Waals surface area contributed by atoms with Gasteiger partial charge < -0.3 is 39.4 Å². The van der Waals surface area contributed by atoms with Gasteiger partial charge in [0, 0.05) is 55.6 Å². The minimum Gasteiger partial charge on any atom is -0.457 e. The van der Waals surface area contributed by atoms with Crippen LogP contribution in [-0.4, -0.2) is 79.6 Å². The predicted molar refractivity (Wildman–Crippen MR) is 274 cm³/mol. The van der Waals surface area contributed by atoms with Crippen molar-refractivity contribution in [1.29, 1.82) is 0 Å². The van der Waals surface area contributed by atoms with Crippen LogP contribution in [0.5, 0.6) is 17.2 Å². The number of nitrogens with zero attached hydrogens (tertiary/aromatic N) is 8. The molecule has 5 aromatic carbocycles. The van der Waals surface area contributed by atoms with Crippen LogP contribution >= 0.6 is 0 Å². The molecule has 0 unspecified atom stereocenters. The van der Waals surface area contributed by atoms with Gasteiger partial charge in [-0.25, -0.2) is 62.7 Å². The average Bonchev–Trinajstić information content (AvgIpc) is 1.27. The van der Waals surface area contributed by atoms with E-state index in [1.807, 2.05) is 0 Å². The van der Waals surface area contributed by atoms with Gasteiger partial charge in [-0.1, -0.05) is 0 Å². The van der Waals surface area contributed by atoms with Crippen molar-refractivity contribution in [1.82, 2.24) is 39.9 Å². The molecule has 0 radical (unpaired) electrons. The summed E-state index contributed by atoms with van der Waals surface area (Å²) in [6.45, 7) is -2.87. The van der Waals surface area contributed by atoms with Crippen molar-refractivity contribution >= 4 is 50.6 Å². The first-order valence-electron chi connectivity index (χ1n) is 26.7. The standard InChI is InChI=1S/C57H23F33N8O3.Zn/c1-45(2,64)25-26(46(3,65)51(70,71)72)32(59)20-19(31(25)58)39-92-37-17-11-10-16(101-15-8-6-14(7-9-15)100-13-99)12-18(17)38(91-37)93-40-21-23(35(62)29(49(68,54(79,80)81)55(82,83)84)27(33(21)60)47(4,66)52(73,74)75)43(95-40)98-44-24-22(42(97-44)96-41(20)94-39)34(61)28(48(5,67)53(76,77)78)30(36(24)63)50(69,56(85,86)87)57(88,89)90;/h6-13H,1-5H3;/q-2;+2/t46-,47+,48-;/m1./s1. The van der Waals surface area contributed by atoms with E-state index in [0.717, 1.165) is 30.3 Å². The van der Waals surface area contributed by atoms with Gasteiger partial charge in [0.1, 0.15) is 57.8 Å². The van der Waals surface area contributed by atoms with Crippen molar-refractivity contribution < 1.29 is 179 Å². The van der Waals surface area contributed by atoms with E-state index in [1.54, 1.807) is 0 Å². The van der Waals surface area contributed by atoms with E-state index in [4.69, 9.17) is 4.74 Å². The van der Waals surface area contributed by atoms with Gasteiger partial charge in [-0.2, -0.15) is 92.2 Å². The van der Waals surface area contributed by atoms with Gasteiger partial charge in [-0.05, 0) is 87.9 Å². The predicted octanol–water partition coefficient (Wildman–Crippen LogP) is 19.3. The summed E-state index contributed by atoms with van der Waals surface area (Å²) in [6.07, 6.45) is -53.3. The second-order valence-electron chi connectivity index (χ2n) is 22.6. The maximum absolute atomic E-state index is 17.7. The van der Waals surface area contributed by atoms with Crippen LogP contribution in [0.3, 0.4) is 0 Å².